The van der Waals surface area contributed by atoms with Crippen LogP contribution in [-0.4, -0.2) is 42.6 Å². The zero-order valence-electron chi connectivity index (χ0n) is 22.3. The van der Waals surface area contributed by atoms with E-state index in [1.165, 1.54) is 23.4 Å². The Morgan fingerprint density at radius 1 is 1.12 bits per heavy atom. The van der Waals surface area contributed by atoms with Gasteiger partial charge in [0.2, 0.25) is 5.91 Å². The highest BCUT2D eigenvalue weighted by molar-refractivity contribution is 8.15. The molecule has 3 heterocycles. The first-order chi connectivity index (χ1) is 20.0. The highest BCUT2D eigenvalue weighted by Gasteiger charge is 2.32. The number of amides is 3. The molecule has 0 aliphatic carbocycles. The van der Waals surface area contributed by atoms with E-state index >= 15 is 0 Å². The number of pyridine rings is 1. The van der Waals surface area contributed by atoms with Crippen molar-refractivity contribution in [2.24, 2.45) is 4.99 Å². The number of hydrogen-bond acceptors (Lipinski definition) is 6. The molecular weight excluding hydrogens is 574 g/mol. The normalized spacial score (nSPS) is 14.6. The first-order valence-corrected chi connectivity index (χ1v) is 13.7. The number of alkyl halides is 3. The van der Waals surface area contributed by atoms with Crippen molar-refractivity contribution in [2.45, 2.75) is 32.9 Å². The van der Waals surface area contributed by atoms with Gasteiger partial charge in [0.05, 0.1) is 22.7 Å². The largest absolute Gasteiger partial charge is 0.417 e. The number of nitrogens with one attached hydrogen (secondary N) is 1. The highest BCUT2D eigenvalue weighted by atomic mass is 32.2. The topological polar surface area (TPSA) is 105 Å². The fourth-order valence-electron chi connectivity index (χ4n) is 4.23. The van der Waals surface area contributed by atoms with Crippen LogP contribution < -0.4 is 10.2 Å². The van der Waals surface area contributed by atoms with Crippen LogP contribution >= 0.6 is 11.8 Å². The smallest absolute Gasteiger partial charge is 0.303 e. The summed E-state index contributed by atoms with van der Waals surface area (Å²) in [5.41, 5.74) is 1.79. The average Bonchev–Trinajstić information content (AvgIpc) is 3.58. The first-order valence-electron chi connectivity index (χ1n) is 12.7. The molecule has 42 heavy (non-hydrogen) atoms. The molecule has 216 valence electrons. The highest BCUT2D eigenvalue weighted by Crippen LogP contribution is 2.32. The van der Waals surface area contributed by atoms with Crippen LogP contribution in [0.4, 0.5) is 33.7 Å². The summed E-state index contributed by atoms with van der Waals surface area (Å²) in [4.78, 5) is 38.8. The molecule has 0 saturated carbocycles. The summed E-state index contributed by atoms with van der Waals surface area (Å²) in [6.07, 6.45) is -0.988. The minimum atomic E-state index is -4.52. The first kappa shape index (κ1) is 28.9. The van der Waals surface area contributed by atoms with Crippen LogP contribution in [0.3, 0.4) is 0 Å². The number of carbonyl (C=O) groups excluding carboxylic acids is 2. The van der Waals surface area contributed by atoms with Crippen molar-refractivity contribution in [2.75, 3.05) is 16.0 Å². The number of nitrogens with zero attached hydrogens (tertiary/aromatic N) is 6. The fourth-order valence-corrected chi connectivity index (χ4v) is 5.08. The number of aromatic nitrogens is 4. The van der Waals surface area contributed by atoms with E-state index in [0.29, 0.717) is 11.9 Å². The van der Waals surface area contributed by atoms with E-state index in [2.05, 4.69) is 25.4 Å². The van der Waals surface area contributed by atoms with Gasteiger partial charge in [-0.05, 0) is 60.9 Å². The van der Waals surface area contributed by atoms with Crippen LogP contribution in [-0.2, 0) is 17.4 Å². The van der Waals surface area contributed by atoms with E-state index in [9.17, 15) is 27.2 Å². The average molecular weight is 598 g/mol. The molecule has 0 spiro atoms. The second kappa shape index (κ2) is 11.7. The number of thioether (sulfide) groups is 1. The van der Waals surface area contributed by atoms with Gasteiger partial charge in [0.1, 0.15) is 12.1 Å². The Morgan fingerprint density at radius 2 is 1.93 bits per heavy atom. The van der Waals surface area contributed by atoms with Gasteiger partial charge in [0.15, 0.2) is 16.8 Å². The van der Waals surface area contributed by atoms with Gasteiger partial charge in [0, 0.05) is 11.8 Å². The second-order valence-electron chi connectivity index (χ2n) is 9.33. The van der Waals surface area contributed by atoms with Gasteiger partial charge in [0.25, 0.3) is 0 Å². The lowest BCUT2D eigenvalue weighted by atomic mass is 10.0. The number of hydrogen-bond donors (Lipinski definition) is 1. The summed E-state index contributed by atoms with van der Waals surface area (Å²) < 4.78 is 54.5. The molecule has 1 aliphatic rings. The van der Waals surface area contributed by atoms with Crippen LogP contribution in [0.2, 0.25) is 0 Å². The van der Waals surface area contributed by atoms with Gasteiger partial charge in [-0.3, -0.25) is 9.69 Å². The number of halogens is 4. The maximum absolute atomic E-state index is 15.0. The maximum Gasteiger partial charge on any atom is 0.417 e. The van der Waals surface area contributed by atoms with Crippen molar-refractivity contribution in [1.82, 2.24) is 19.7 Å². The number of anilines is 2. The molecule has 2 aromatic carbocycles. The van der Waals surface area contributed by atoms with E-state index < -0.39 is 23.6 Å². The minimum Gasteiger partial charge on any atom is -0.303 e. The summed E-state index contributed by atoms with van der Waals surface area (Å²) in [6.45, 7) is 3.94. The molecule has 2 aromatic heterocycles. The predicted octanol–water partition coefficient (Wildman–Crippen LogP) is 6.42. The van der Waals surface area contributed by atoms with Gasteiger partial charge in [-0.1, -0.05) is 37.2 Å². The van der Waals surface area contributed by atoms with Gasteiger partial charge in [-0.15, -0.1) is 5.10 Å². The number of carbonyl (C=O) groups is 2. The van der Waals surface area contributed by atoms with E-state index in [-0.39, 0.29) is 39.7 Å². The summed E-state index contributed by atoms with van der Waals surface area (Å²) in [6, 6.07) is 10.8. The van der Waals surface area contributed by atoms with Crippen molar-refractivity contribution < 1.29 is 27.2 Å². The van der Waals surface area contributed by atoms with E-state index in [1.54, 1.807) is 0 Å². The van der Waals surface area contributed by atoms with Crippen molar-refractivity contribution in [3.05, 3.63) is 83.6 Å². The molecule has 3 amide bonds. The van der Waals surface area contributed by atoms with Gasteiger partial charge in [-0.2, -0.15) is 18.2 Å². The minimum absolute atomic E-state index is 0.0891. The van der Waals surface area contributed by atoms with Crippen molar-refractivity contribution >= 4 is 40.2 Å². The van der Waals surface area contributed by atoms with E-state index in [0.717, 1.165) is 58.6 Å². The Bertz CT molecular complexity index is 1690. The molecule has 9 nitrogen and oxygen atoms in total. The zero-order chi connectivity index (χ0) is 30.0. The molecule has 0 unspecified atom stereocenters. The van der Waals surface area contributed by atoms with Crippen LogP contribution in [0.15, 0.2) is 66.0 Å². The number of rotatable bonds is 6. The molecule has 1 fully saturated rings. The van der Waals surface area contributed by atoms with Gasteiger partial charge in [-0.25, -0.2) is 23.8 Å². The Morgan fingerprint density at radius 3 is 2.62 bits per heavy atom. The summed E-state index contributed by atoms with van der Waals surface area (Å²) in [7, 11) is 0. The monoisotopic (exact) mass is 597 g/mol. The zero-order valence-corrected chi connectivity index (χ0v) is 23.1. The number of aliphatic imine (C=N–C) groups is 1. The van der Waals surface area contributed by atoms with Crippen molar-refractivity contribution in [3.8, 4) is 17.2 Å². The second-order valence-corrected chi connectivity index (χ2v) is 10.3. The number of aryl methyl sites for hydroxylation is 2. The number of benzene rings is 2. The Kier molecular flexibility index (Phi) is 8.07. The van der Waals surface area contributed by atoms with Crippen LogP contribution in [0.25, 0.3) is 17.2 Å². The Labute approximate surface area is 241 Å². The van der Waals surface area contributed by atoms with Gasteiger partial charge < -0.3 is 5.32 Å². The molecule has 4 aromatic rings. The lowest BCUT2D eigenvalue weighted by molar-refractivity contribution is -0.137. The van der Waals surface area contributed by atoms with Crippen LogP contribution in [0, 0.1) is 12.7 Å². The molecular formula is C28H23F4N7O2S. The quantitative estimate of drug-likeness (QED) is 0.257. The molecule has 1 saturated heterocycles. The Hall–Kier alpha value is -4.59. The van der Waals surface area contributed by atoms with Crippen molar-refractivity contribution in [3.63, 3.8) is 0 Å². The molecule has 5 rings (SSSR count). The standard InChI is InChI=1S/C28H23F4N7O2S/c1-3-4-17-6-5-16(2)11-22(17)39-24(40)14-42-27(39)36-26(41)35-21-9-7-18(12-20(21)29)25-34-15-38(37-25)23-10-8-19(13-33-23)28(30,31)32/h5-13,15H,3-4,14H2,1-2H3,(H,35,41). The molecule has 1 aliphatic heterocycles. The lowest BCUT2D eigenvalue weighted by Crippen LogP contribution is -2.31. The third kappa shape index (κ3) is 6.17. The third-order valence-electron chi connectivity index (χ3n) is 6.23. The fraction of sp³-hybridized carbons (Fsp3) is 0.214. The Balaban J connectivity index is 1.32. The summed E-state index contributed by atoms with van der Waals surface area (Å²) in [5.74, 6) is -0.693. The van der Waals surface area contributed by atoms with Crippen LogP contribution in [0.1, 0.15) is 30.0 Å². The molecule has 0 atom stereocenters. The molecule has 0 radical (unpaired) electrons. The molecule has 0 bridgehead atoms. The molecule has 1 N–H and O–H groups in total. The van der Waals surface area contributed by atoms with Gasteiger partial charge >= 0.3 is 12.2 Å². The molecule has 14 heteroatoms. The number of amidine groups is 1. The van der Waals surface area contributed by atoms with E-state index in [1.807, 2.05) is 32.0 Å². The number of urea groups is 1. The third-order valence-corrected chi connectivity index (χ3v) is 7.16. The summed E-state index contributed by atoms with van der Waals surface area (Å²) in [5, 5.41) is 6.76. The van der Waals surface area contributed by atoms with Crippen molar-refractivity contribution in [1.29, 1.82) is 0 Å². The van der Waals surface area contributed by atoms with E-state index in [4.69, 9.17) is 0 Å². The summed E-state index contributed by atoms with van der Waals surface area (Å²) >= 11 is 1.12. The van der Waals surface area contributed by atoms with Crippen LogP contribution in [0.5, 0.6) is 0 Å². The maximum atomic E-state index is 15.0. The predicted molar refractivity (Wildman–Crippen MR) is 151 cm³/mol. The lowest BCUT2D eigenvalue weighted by Gasteiger charge is -2.20. The SMILES string of the molecule is CCCc1ccc(C)cc1N1C(=O)CSC1=NC(=O)Nc1ccc(-c2ncn(-c3ccc(C(F)(F)F)cn3)n2)cc1F.